The minimum Gasteiger partial charge on any atom is -0.497 e. The van der Waals surface area contributed by atoms with E-state index in [-0.39, 0.29) is 18.0 Å². The van der Waals surface area contributed by atoms with Crippen LogP contribution in [0, 0.1) is 0 Å². The van der Waals surface area contributed by atoms with Crippen molar-refractivity contribution in [3.8, 4) is 5.75 Å². The zero-order valence-corrected chi connectivity index (χ0v) is 12.3. The summed E-state index contributed by atoms with van der Waals surface area (Å²) in [5.41, 5.74) is 0.707. The number of rotatable bonds is 6. The Morgan fingerprint density at radius 2 is 2.05 bits per heavy atom. The Morgan fingerprint density at radius 3 is 2.60 bits per heavy atom. The zero-order valence-electron chi connectivity index (χ0n) is 12.3. The van der Waals surface area contributed by atoms with E-state index in [1.165, 1.54) is 0 Å². The van der Waals surface area contributed by atoms with Crippen molar-refractivity contribution in [1.29, 1.82) is 0 Å². The Balaban J connectivity index is 1.93. The van der Waals surface area contributed by atoms with Crippen molar-refractivity contribution in [3.05, 3.63) is 42.5 Å². The molecule has 110 valence electrons. The lowest BCUT2D eigenvalue weighted by atomic mass is 10.0. The molecule has 4 nitrogen and oxygen atoms in total. The maximum atomic E-state index is 5.92. The Morgan fingerprint density at radius 1 is 1.35 bits per heavy atom. The summed E-state index contributed by atoms with van der Waals surface area (Å²) in [6, 6.07) is 7.82. The van der Waals surface area contributed by atoms with Gasteiger partial charge in [-0.2, -0.15) is 0 Å². The van der Waals surface area contributed by atoms with E-state index in [1.54, 1.807) is 20.3 Å². The van der Waals surface area contributed by atoms with Crippen LogP contribution in [0.4, 0.5) is 0 Å². The maximum absolute atomic E-state index is 5.92. The van der Waals surface area contributed by atoms with Crippen LogP contribution >= 0.6 is 0 Å². The minimum absolute atomic E-state index is 0.0925. The standard InChI is InChI=1S/C16H22O4/c1-5-16(2)10-14(15(18-4)20-16)19-11-12-6-8-13(17-3)9-7-12/h5-9,14-15H,1,10-11H2,2-4H3/t14-,15-,16-/m0/s1. The van der Waals surface area contributed by atoms with Gasteiger partial charge in [-0.05, 0) is 24.6 Å². The predicted octanol–water partition coefficient (Wildman–Crippen LogP) is 2.92. The molecule has 0 saturated carbocycles. The molecule has 1 saturated heterocycles. The Bertz CT molecular complexity index is 442. The van der Waals surface area contributed by atoms with Crippen LogP contribution in [0.5, 0.6) is 5.75 Å². The van der Waals surface area contributed by atoms with Gasteiger partial charge in [0.2, 0.25) is 0 Å². The summed E-state index contributed by atoms with van der Waals surface area (Å²) in [6.45, 7) is 6.31. The van der Waals surface area contributed by atoms with Crippen molar-refractivity contribution in [3.63, 3.8) is 0 Å². The average Bonchev–Trinajstić information content (AvgIpc) is 2.83. The summed E-state index contributed by atoms with van der Waals surface area (Å²) in [6.07, 6.45) is 2.10. The summed E-state index contributed by atoms with van der Waals surface area (Å²) in [5, 5.41) is 0. The molecule has 20 heavy (non-hydrogen) atoms. The van der Waals surface area contributed by atoms with Crippen molar-refractivity contribution < 1.29 is 18.9 Å². The molecule has 1 aliphatic rings. The molecule has 4 heteroatoms. The Hall–Kier alpha value is -1.36. The summed E-state index contributed by atoms with van der Waals surface area (Å²) >= 11 is 0. The molecule has 0 unspecified atom stereocenters. The van der Waals surface area contributed by atoms with E-state index in [4.69, 9.17) is 18.9 Å². The van der Waals surface area contributed by atoms with Crippen LogP contribution in [0.15, 0.2) is 36.9 Å². The summed E-state index contributed by atoms with van der Waals surface area (Å²) in [5.74, 6) is 0.840. The van der Waals surface area contributed by atoms with Crippen molar-refractivity contribution >= 4 is 0 Å². The van der Waals surface area contributed by atoms with Crippen LogP contribution in [-0.2, 0) is 20.8 Å². The van der Waals surface area contributed by atoms with E-state index in [0.29, 0.717) is 6.61 Å². The molecule has 3 atom stereocenters. The van der Waals surface area contributed by atoms with Crippen molar-refractivity contribution in [2.75, 3.05) is 14.2 Å². The third kappa shape index (κ3) is 3.39. The smallest absolute Gasteiger partial charge is 0.184 e. The molecule has 2 rings (SSSR count). The summed E-state index contributed by atoms with van der Waals surface area (Å²) in [4.78, 5) is 0. The van der Waals surface area contributed by atoms with Crippen LogP contribution in [-0.4, -0.2) is 32.2 Å². The molecule has 1 aliphatic heterocycles. The van der Waals surface area contributed by atoms with Gasteiger partial charge in [-0.25, -0.2) is 0 Å². The topological polar surface area (TPSA) is 36.9 Å². The van der Waals surface area contributed by atoms with E-state index in [0.717, 1.165) is 17.7 Å². The second-order valence-corrected chi connectivity index (χ2v) is 5.14. The van der Waals surface area contributed by atoms with Gasteiger partial charge in [-0.3, -0.25) is 0 Å². The summed E-state index contributed by atoms with van der Waals surface area (Å²) < 4.78 is 22.2. The highest BCUT2D eigenvalue weighted by Crippen LogP contribution is 2.34. The second kappa shape index (κ2) is 6.39. The van der Waals surface area contributed by atoms with Crippen LogP contribution in [0.2, 0.25) is 0 Å². The largest absolute Gasteiger partial charge is 0.497 e. The molecule has 1 aromatic carbocycles. The molecule has 0 bridgehead atoms. The first-order valence-corrected chi connectivity index (χ1v) is 6.69. The average molecular weight is 278 g/mol. The van der Waals surface area contributed by atoms with Gasteiger partial charge in [-0.1, -0.05) is 18.2 Å². The highest BCUT2D eigenvalue weighted by Gasteiger charge is 2.42. The Kier molecular flexibility index (Phi) is 4.81. The van der Waals surface area contributed by atoms with Gasteiger partial charge < -0.3 is 18.9 Å². The lowest BCUT2D eigenvalue weighted by molar-refractivity contribution is -0.173. The predicted molar refractivity (Wildman–Crippen MR) is 76.7 cm³/mol. The molecule has 0 amide bonds. The lowest BCUT2D eigenvalue weighted by Crippen LogP contribution is -2.26. The van der Waals surface area contributed by atoms with Crippen LogP contribution in [0.3, 0.4) is 0 Å². The SMILES string of the molecule is C=C[C@@]1(C)C[C@H](OCc2ccc(OC)cc2)[C@@H](OC)O1. The molecule has 1 fully saturated rings. The van der Waals surface area contributed by atoms with Crippen LogP contribution < -0.4 is 4.74 Å². The highest BCUT2D eigenvalue weighted by molar-refractivity contribution is 5.26. The molecular formula is C16H22O4. The molecule has 0 radical (unpaired) electrons. The maximum Gasteiger partial charge on any atom is 0.184 e. The van der Waals surface area contributed by atoms with Gasteiger partial charge in [0.25, 0.3) is 0 Å². The number of ether oxygens (including phenoxy) is 4. The lowest BCUT2D eigenvalue weighted by Gasteiger charge is -2.18. The fraction of sp³-hybridized carbons (Fsp3) is 0.500. The van der Waals surface area contributed by atoms with Crippen LogP contribution in [0.25, 0.3) is 0 Å². The van der Waals surface area contributed by atoms with E-state index < -0.39 is 0 Å². The van der Waals surface area contributed by atoms with E-state index >= 15 is 0 Å². The second-order valence-electron chi connectivity index (χ2n) is 5.14. The monoisotopic (exact) mass is 278 g/mol. The van der Waals surface area contributed by atoms with Crippen molar-refractivity contribution in [2.45, 2.75) is 37.9 Å². The number of hydrogen-bond acceptors (Lipinski definition) is 4. The Labute approximate surface area is 120 Å². The first-order valence-electron chi connectivity index (χ1n) is 6.69. The first kappa shape index (κ1) is 15.0. The van der Waals surface area contributed by atoms with Crippen LogP contribution in [0.1, 0.15) is 18.9 Å². The van der Waals surface area contributed by atoms with Gasteiger partial charge in [0.1, 0.15) is 11.9 Å². The molecule has 1 heterocycles. The fourth-order valence-corrected chi connectivity index (χ4v) is 2.28. The van der Waals surface area contributed by atoms with E-state index in [2.05, 4.69) is 6.58 Å². The molecule has 0 aromatic heterocycles. The van der Waals surface area contributed by atoms with Gasteiger partial charge >= 0.3 is 0 Å². The van der Waals surface area contributed by atoms with E-state index in [1.807, 2.05) is 31.2 Å². The zero-order chi connectivity index (χ0) is 14.6. The summed E-state index contributed by atoms with van der Waals surface area (Å²) in [7, 11) is 3.28. The number of hydrogen-bond donors (Lipinski definition) is 0. The molecule has 0 spiro atoms. The van der Waals surface area contributed by atoms with E-state index in [9.17, 15) is 0 Å². The van der Waals surface area contributed by atoms with Gasteiger partial charge in [0.15, 0.2) is 6.29 Å². The van der Waals surface area contributed by atoms with Crippen molar-refractivity contribution in [2.24, 2.45) is 0 Å². The normalized spacial score (nSPS) is 29.4. The van der Waals surface area contributed by atoms with Crippen molar-refractivity contribution in [1.82, 2.24) is 0 Å². The third-order valence-corrected chi connectivity index (χ3v) is 3.58. The highest BCUT2D eigenvalue weighted by atomic mass is 16.7. The quantitative estimate of drug-likeness (QED) is 0.750. The number of methoxy groups -OCH3 is 2. The molecule has 0 aliphatic carbocycles. The fourth-order valence-electron chi connectivity index (χ4n) is 2.28. The molecule has 1 aromatic rings. The molecular weight excluding hydrogens is 256 g/mol. The van der Waals surface area contributed by atoms with Gasteiger partial charge in [0, 0.05) is 13.5 Å². The minimum atomic E-state index is -0.384. The van der Waals surface area contributed by atoms with Gasteiger partial charge in [-0.15, -0.1) is 6.58 Å². The third-order valence-electron chi connectivity index (χ3n) is 3.58. The number of benzene rings is 1. The van der Waals surface area contributed by atoms with Gasteiger partial charge in [0.05, 0.1) is 19.3 Å². The first-order chi connectivity index (χ1) is 9.60. The molecule has 0 N–H and O–H groups in total.